The molecule has 34 heavy (non-hydrogen) atoms. The van der Waals surface area contributed by atoms with Crippen molar-refractivity contribution in [3.05, 3.63) is 89.7 Å². The van der Waals surface area contributed by atoms with Crippen LogP contribution in [-0.2, 0) is 4.79 Å². The summed E-state index contributed by atoms with van der Waals surface area (Å²) in [6.45, 7) is 1.97. The summed E-state index contributed by atoms with van der Waals surface area (Å²) in [5.74, 6) is 0.169. The number of methoxy groups -OCH3 is 1. The van der Waals surface area contributed by atoms with Crippen molar-refractivity contribution in [3.8, 4) is 5.75 Å². The minimum Gasteiger partial charge on any atom is -0.497 e. The number of nitrogens with zero attached hydrogens (tertiary/aromatic N) is 2. The monoisotopic (exact) mass is 457 g/mol. The number of anilines is 1. The lowest BCUT2D eigenvalue weighted by atomic mass is 9.94. The van der Waals surface area contributed by atoms with Crippen LogP contribution in [0.4, 0.5) is 5.69 Å². The number of rotatable bonds is 7. The molecule has 0 bridgehead atoms. The fourth-order valence-corrected chi connectivity index (χ4v) is 4.51. The van der Waals surface area contributed by atoms with Crippen molar-refractivity contribution in [1.29, 1.82) is 0 Å². The van der Waals surface area contributed by atoms with Crippen molar-refractivity contribution in [2.75, 3.05) is 12.0 Å². The third-order valence-corrected chi connectivity index (χ3v) is 6.27. The number of hydrogen-bond acceptors (Lipinski definition) is 4. The molecule has 3 aromatic rings. The Morgan fingerprint density at radius 2 is 1.76 bits per heavy atom. The number of amides is 2. The summed E-state index contributed by atoms with van der Waals surface area (Å²) >= 11 is 0. The van der Waals surface area contributed by atoms with E-state index in [4.69, 9.17) is 4.74 Å². The summed E-state index contributed by atoms with van der Waals surface area (Å²) in [7, 11) is 1.60. The van der Waals surface area contributed by atoms with Gasteiger partial charge in [0.1, 0.15) is 17.5 Å². The number of carbonyl (C=O) groups is 2. The van der Waals surface area contributed by atoms with Gasteiger partial charge in [0.25, 0.3) is 5.91 Å². The number of carbonyl (C=O) groups excluding carboxylic acids is 2. The highest BCUT2D eigenvalue weighted by Crippen LogP contribution is 2.32. The minimum absolute atomic E-state index is 0.117. The molecule has 1 heterocycles. The van der Waals surface area contributed by atoms with Crippen LogP contribution in [0.15, 0.2) is 72.9 Å². The molecule has 0 spiro atoms. The van der Waals surface area contributed by atoms with E-state index in [0.717, 1.165) is 31.2 Å². The average Bonchev–Trinajstić information content (AvgIpc) is 2.88. The molecule has 6 heteroatoms. The van der Waals surface area contributed by atoms with Crippen LogP contribution in [-0.4, -0.2) is 29.9 Å². The molecule has 176 valence electrons. The fraction of sp³-hybridized carbons (Fsp3) is 0.321. The standard InChI is InChI=1S/C28H31N3O3/c1-20-9-8-12-23(19-20)31(28(33)25-13-6-7-18-29-25)26(21-14-16-24(34-2)17-15-21)27(32)30-22-10-4-3-5-11-22/h6-9,12-19,22,26H,3-5,10-11H2,1-2H3,(H,30,32). The van der Waals surface area contributed by atoms with Crippen LogP contribution in [0.1, 0.15) is 59.8 Å². The predicted octanol–water partition coefficient (Wildman–Crippen LogP) is 5.24. The summed E-state index contributed by atoms with van der Waals surface area (Å²) in [6, 6.07) is 19.5. The molecule has 6 nitrogen and oxygen atoms in total. The maximum atomic E-state index is 13.8. The first-order valence-electron chi connectivity index (χ1n) is 11.8. The summed E-state index contributed by atoms with van der Waals surface area (Å²) < 4.78 is 5.32. The third kappa shape index (κ3) is 5.45. The molecule has 1 saturated carbocycles. The van der Waals surface area contributed by atoms with Gasteiger partial charge in [0.2, 0.25) is 5.91 Å². The fourth-order valence-electron chi connectivity index (χ4n) is 4.51. The van der Waals surface area contributed by atoms with Crippen molar-refractivity contribution in [2.24, 2.45) is 0 Å². The SMILES string of the molecule is COc1ccc(C(C(=O)NC2CCCCC2)N(C(=O)c2ccccn2)c2cccc(C)c2)cc1. The maximum absolute atomic E-state index is 13.8. The largest absolute Gasteiger partial charge is 0.497 e. The van der Waals surface area contributed by atoms with Crippen LogP contribution >= 0.6 is 0 Å². The van der Waals surface area contributed by atoms with Gasteiger partial charge < -0.3 is 10.1 Å². The second-order valence-corrected chi connectivity index (χ2v) is 8.75. The van der Waals surface area contributed by atoms with E-state index in [0.29, 0.717) is 17.0 Å². The zero-order valence-corrected chi connectivity index (χ0v) is 19.7. The zero-order valence-electron chi connectivity index (χ0n) is 19.7. The van der Waals surface area contributed by atoms with Crippen LogP contribution in [0.25, 0.3) is 0 Å². The Kier molecular flexibility index (Phi) is 7.58. The molecule has 1 aliphatic carbocycles. The number of aromatic nitrogens is 1. The number of hydrogen-bond donors (Lipinski definition) is 1. The molecule has 0 radical (unpaired) electrons. The van der Waals surface area contributed by atoms with Gasteiger partial charge >= 0.3 is 0 Å². The number of pyridine rings is 1. The van der Waals surface area contributed by atoms with Crippen LogP contribution < -0.4 is 15.0 Å². The number of aryl methyl sites for hydroxylation is 1. The summed E-state index contributed by atoms with van der Waals surface area (Å²) in [6.07, 6.45) is 6.91. The molecule has 2 aromatic carbocycles. The van der Waals surface area contributed by atoms with Crippen molar-refractivity contribution in [1.82, 2.24) is 10.3 Å². The topological polar surface area (TPSA) is 71.5 Å². The molecule has 1 aliphatic rings. The third-order valence-electron chi connectivity index (χ3n) is 6.27. The Labute approximate surface area is 201 Å². The molecule has 1 aromatic heterocycles. The van der Waals surface area contributed by atoms with Crippen molar-refractivity contribution < 1.29 is 14.3 Å². The molecule has 1 atom stereocenters. The predicted molar refractivity (Wildman–Crippen MR) is 133 cm³/mol. The van der Waals surface area contributed by atoms with Gasteiger partial charge in [-0.2, -0.15) is 0 Å². The highest BCUT2D eigenvalue weighted by Gasteiger charge is 2.35. The van der Waals surface area contributed by atoms with Crippen LogP contribution in [0.5, 0.6) is 5.75 Å². The maximum Gasteiger partial charge on any atom is 0.277 e. The Balaban J connectivity index is 1.80. The van der Waals surface area contributed by atoms with E-state index in [1.807, 2.05) is 55.5 Å². The van der Waals surface area contributed by atoms with Gasteiger partial charge in [-0.15, -0.1) is 0 Å². The van der Waals surface area contributed by atoms with Crippen LogP contribution in [0, 0.1) is 6.92 Å². The van der Waals surface area contributed by atoms with Crippen molar-refractivity contribution >= 4 is 17.5 Å². The van der Waals surface area contributed by atoms with E-state index in [1.54, 1.807) is 36.4 Å². The minimum atomic E-state index is -0.857. The molecular formula is C28H31N3O3. The molecule has 0 aliphatic heterocycles. The smallest absolute Gasteiger partial charge is 0.277 e. The Morgan fingerprint density at radius 3 is 2.41 bits per heavy atom. The van der Waals surface area contributed by atoms with Gasteiger partial charge in [-0.25, -0.2) is 0 Å². The molecule has 2 amide bonds. The van der Waals surface area contributed by atoms with Gasteiger partial charge in [-0.3, -0.25) is 19.5 Å². The van der Waals surface area contributed by atoms with E-state index >= 15 is 0 Å². The van der Waals surface area contributed by atoms with Gasteiger partial charge in [0, 0.05) is 17.9 Å². The molecule has 1 fully saturated rings. The highest BCUT2D eigenvalue weighted by atomic mass is 16.5. The summed E-state index contributed by atoms with van der Waals surface area (Å²) in [5.41, 5.74) is 2.64. The molecule has 1 N–H and O–H groups in total. The number of ether oxygens (including phenoxy) is 1. The van der Waals surface area contributed by atoms with Crippen molar-refractivity contribution in [3.63, 3.8) is 0 Å². The van der Waals surface area contributed by atoms with Gasteiger partial charge in [0.15, 0.2) is 0 Å². The van der Waals surface area contributed by atoms with E-state index in [-0.39, 0.29) is 23.6 Å². The highest BCUT2D eigenvalue weighted by molar-refractivity contribution is 6.09. The summed E-state index contributed by atoms with van der Waals surface area (Å²) in [4.78, 5) is 33.5. The van der Waals surface area contributed by atoms with Crippen LogP contribution in [0.3, 0.4) is 0 Å². The Hall–Kier alpha value is -3.67. The Morgan fingerprint density at radius 1 is 1.00 bits per heavy atom. The molecule has 4 rings (SSSR count). The first-order chi connectivity index (χ1) is 16.6. The lowest BCUT2D eigenvalue weighted by Crippen LogP contribution is -2.47. The summed E-state index contributed by atoms with van der Waals surface area (Å²) in [5, 5.41) is 3.23. The van der Waals surface area contributed by atoms with Crippen molar-refractivity contribution in [2.45, 2.75) is 51.1 Å². The zero-order chi connectivity index (χ0) is 23.9. The van der Waals surface area contributed by atoms with E-state index in [2.05, 4.69) is 10.3 Å². The van der Waals surface area contributed by atoms with E-state index < -0.39 is 6.04 Å². The molecular weight excluding hydrogens is 426 g/mol. The van der Waals surface area contributed by atoms with E-state index in [9.17, 15) is 9.59 Å². The van der Waals surface area contributed by atoms with Crippen LogP contribution in [0.2, 0.25) is 0 Å². The molecule has 0 saturated heterocycles. The number of nitrogens with one attached hydrogen (secondary N) is 1. The van der Waals surface area contributed by atoms with E-state index in [1.165, 1.54) is 6.42 Å². The number of benzene rings is 2. The normalized spacial score (nSPS) is 14.8. The second kappa shape index (κ2) is 11.0. The quantitative estimate of drug-likeness (QED) is 0.527. The van der Waals surface area contributed by atoms with Gasteiger partial charge in [-0.05, 0) is 67.3 Å². The van der Waals surface area contributed by atoms with Gasteiger partial charge in [0.05, 0.1) is 7.11 Å². The lowest BCUT2D eigenvalue weighted by Gasteiger charge is -2.33. The second-order valence-electron chi connectivity index (χ2n) is 8.75. The lowest BCUT2D eigenvalue weighted by molar-refractivity contribution is -0.123. The van der Waals surface area contributed by atoms with Gasteiger partial charge in [-0.1, -0.05) is 49.6 Å². The molecule has 1 unspecified atom stereocenters. The first kappa shape index (κ1) is 23.5. The Bertz CT molecular complexity index is 1110. The first-order valence-corrected chi connectivity index (χ1v) is 11.8. The average molecular weight is 458 g/mol.